The summed E-state index contributed by atoms with van der Waals surface area (Å²) >= 11 is 5.09. The van der Waals surface area contributed by atoms with Gasteiger partial charge in [-0.3, -0.25) is 0 Å². The second kappa shape index (κ2) is 4.61. The molecular formula is C11H18BrN3S. The van der Waals surface area contributed by atoms with Crippen molar-refractivity contribution in [3.63, 3.8) is 0 Å². The van der Waals surface area contributed by atoms with Gasteiger partial charge in [0.05, 0.1) is 0 Å². The topological polar surface area (TPSA) is 29.0 Å². The van der Waals surface area contributed by atoms with E-state index in [4.69, 9.17) is 0 Å². The van der Waals surface area contributed by atoms with Crippen molar-refractivity contribution < 1.29 is 0 Å². The summed E-state index contributed by atoms with van der Waals surface area (Å²) in [5, 5.41) is 2.18. The van der Waals surface area contributed by atoms with Gasteiger partial charge in [0.15, 0.2) is 0 Å². The third kappa shape index (κ3) is 2.56. The maximum atomic E-state index is 4.65. The lowest BCUT2D eigenvalue weighted by Crippen LogP contribution is -2.20. The molecule has 1 fully saturated rings. The molecule has 1 atom stereocenters. The largest absolute Gasteiger partial charge is 0.347 e. The van der Waals surface area contributed by atoms with E-state index in [-0.39, 0.29) is 5.41 Å². The Labute approximate surface area is 110 Å². The number of anilines is 1. The van der Waals surface area contributed by atoms with Gasteiger partial charge in [0.1, 0.15) is 5.82 Å². The highest BCUT2D eigenvalue weighted by atomic mass is 79.9. The van der Waals surface area contributed by atoms with E-state index in [2.05, 4.69) is 51.0 Å². The van der Waals surface area contributed by atoms with Crippen LogP contribution >= 0.6 is 27.5 Å². The summed E-state index contributed by atoms with van der Waals surface area (Å²) in [6.07, 6.45) is 1.26. The van der Waals surface area contributed by atoms with Crippen molar-refractivity contribution in [2.24, 2.45) is 5.92 Å². The summed E-state index contributed by atoms with van der Waals surface area (Å²) in [6, 6.07) is 0. The molecule has 3 nitrogen and oxygen atoms in total. The predicted molar refractivity (Wildman–Crippen MR) is 72.7 cm³/mol. The summed E-state index contributed by atoms with van der Waals surface area (Å²) in [5.74, 6) is 1.73. The lowest BCUT2D eigenvalue weighted by molar-refractivity contribution is 0.554. The van der Waals surface area contributed by atoms with Crippen molar-refractivity contribution in [2.75, 3.05) is 23.3 Å². The van der Waals surface area contributed by atoms with Gasteiger partial charge in [0.25, 0.3) is 0 Å². The first-order chi connectivity index (χ1) is 7.50. The summed E-state index contributed by atoms with van der Waals surface area (Å²) in [6.45, 7) is 8.71. The Hall–Kier alpha value is -0.160. The first-order valence-corrected chi connectivity index (χ1v) is 7.55. The summed E-state index contributed by atoms with van der Waals surface area (Å²) < 4.78 is 4.46. The van der Waals surface area contributed by atoms with Crippen molar-refractivity contribution in [3.05, 3.63) is 5.82 Å². The number of halogens is 1. The molecule has 2 rings (SSSR count). The first kappa shape index (κ1) is 12.3. The fraction of sp³-hybridized carbons (Fsp3) is 0.818. The summed E-state index contributed by atoms with van der Waals surface area (Å²) in [5.41, 5.74) is 0.0588. The molecule has 1 aliphatic heterocycles. The van der Waals surface area contributed by atoms with E-state index in [1.807, 2.05) is 0 Å². The molecule has 0 N–H and O–H groups in total. The third-order valence-corrected chi connectivity index (χ3v) is 4.55. The van der Waals surface area contributed by atoms with Crippen molar-refractivity contribution in [3.8, 4) is 0 Å². The Balaban J connectivity index is 2.08. The number of alkyl halides is 1. The van der Waals surface area contributed by atoms with E-state index in [0.29, 0.717) is 0 Å². The zero-order valence-electron chi connectivity index (χ0n) is 10.0. The van der Waals surface area contributed by atoms with Crippen LogP contribution in [0.1, 0.15) is 33.0 Å². The molecule has 0 bridgehead atoms. The van der Waals surface area contributed by atoms with Crippen molar-refractivity contribution in [2.45, 2.75) is 32.6 Å². The zero-order chi connectivity index (χ0) is 11.8. The Morgan fingerprint density at radius 3 is 2.75 bits per heavy atom. The second-order valence-electron chi connectivity index (χ2n) is 5.41. The van der Waals surface area contributed by atoms with Crippen LogP contribution in [0.25, 0.3) is 0 Å². The highest BCUT2D eigenvalue weighted by molar-refractivity contribution is 9.09. The van der Waals surface area contributed by atoms with Gasteiger partial charge in [-0.2, -0.15) is 4.37 Å². The minimum atomic E-state index is 0.0588. The molecule has 0 spiro atoms. The van der Waals surface area contributed by atoms with E-state index in [1.165, 1.54) is 18.0 Å². The normalized spacial score (nSPS) is 21.8. The smallest absolute Gasteiger partial charge is 0.205 e. The molecule has 1 aromatic heterocycles. The molecule has 1 aliphatic rings. The molecular weight excluding hydrogens is 286 g/mol. The van der Waals surface area contributed by atoms with E-state index < -0.39 is 0 Å². The molecule has 0 aliphatic carbocycles. The van der Waals surface area contributed by atoms with Crippen LogP contribution in [0.2, 0.25) is 0 Å². The van der Waals surface area contributed by atoms with Crippen LogP contribution in [-0.4, -0.2) is 27.8 Å². The lowest BCUT2D eigenvalue weighted by Gasteiger charge is -2.15. The van der Waals surface area contributed by atoms with Crippen LogP contribution in [0.15, 0.2) is 0 Å². The summed E-state index contributed by atoms with van der Waals surface area (Å²) in [7, 11) is 0. The van der Waals surface area contributed by atoms with E-state index in [1.54, 1.807) is 0 Å². The molecule has 1 aromatic rings. The van der Waals surface area contributed by atoms with Crippen molar-refractivity contribution in [1.29, 1.82) is 0 Å². The molecule has 0 saturated carbocycles. The molecule has 0 aromatic carbocycles. The average Bonchev–Trinajstić information content (AvgIpc) is 2.85. The van der Waals surface area contributed by atoms with Crippen LogP contribution in [0.4, 0.5) is 5.13 Å². The first-order valence-electron chi connectivity index (χ1n) is 5.66. The quantitative estimate of drug-likeness (QED) is 0.786. The number of hydrogen-bond donors (Lipinski definition) is 0. The Bertz CT molecular complexity index is 358. The maximum absolute atomic E-state index is 4.65. The van der Waals surface area contributed by atoms with Crippen LogP contribution in [-0.2, 0) is 5.41 Å². The lowest BCUT2D eigenvalue weighted by atomic mass is 9.96. The van der Waals surface area contributed by atoms with Crippen LogP contribution < -0.4 is 4.90 Å². The number of rotatable bonds is 2. The molecule has 90 valence electrons. The fourth-order valence-corrected chi connectivity index (χ4v) is 3.20. The van der Waals surface area contributed by atoms with Gasteiger partial charge in [-0.1, -0.05) is 36.7 Å². The molecule has 2 heterocycles. The zero-order valence-corrected chi connectivity index (χ0v) is 12.4. The Kier molecular flexibility index (Phi) is 3.54. The van der Waals surface area contributed by atoms with E-state index in [0.717, 1.165) is 35.3 Å². The summed E-state index contributed by atoms with van der Waals surface area (Å²) in [4.78, 5) is 7.01. The molecule has 0 amide bonds. The van der Waals surface area contributed by atoms with Gasteiger partial charge in [0, 0.05) is 35.4 Å². The maximum Gasteiger partial charge on any atom is 0.205 e. The second-order valence-corrected chi connectivity index (χ2v) is 6.78. The minimum absolute atomic E-state index is 0.0588. The monoisotopic (exact) mass is 303 g/mol. The standard InChI is InChI=1S/C11H18BrN3S/c1-11(2,3)9-13-10(16-14-9)15-5-4-8(6-12)7-15/h8H,4-7H2,1-3H3. The Morgan fingerprint density at radius 1 is 1.50 bits per heavy atom. The molecule has 5 heteroatoms. The van der Waals surface area contributed by atoms with Gasteiger partial charge in [-0.15, -0.1) is 0 Å². The number of nitrogens with zero attached hydrogens (tertiary/aromatic N) is 3. The van der Waals surface area contributed by atoms with Crippen molar-refractivity contribution >= 4 is 32.6 Å². The van der Waals surface area contributed by atoms with Gasteiger partial charge in [0.2, 0.25) is 5.13 Å². The van der Waals surface area contributed by atoms with Crippen molar-refractivity contribution in [1.82, 2.24) is 9.36 Å². The minimum Gasteiger partial charge on any atom is -0.347 e. The highest BCUT2D eigenvalue weighted by Crippen LogP contribution is 2.29. The van der Waals surface area contributed by atoms with Gasteiger partial charge in [-0.25, -0.2) is 4.98 Å². The van der Waals surface area contributed by atoms with E-state index >= 15 is 0 Å². The molecule has 0 radical (unpaired) electrons. The average molecular weight is 304 g/mol. The SMILES string of the molecule is CC(C)(C)c1nsc(N2CCC(CBr)C2)n1. The molecule has 1 unspecified atom stereocenters. The Morgan fingerprint density at radius 2 is 2.25 bits per heavy atom. The number of aromatic nitrogens is 2. The fourth-order valence-electron chi connectivity index (χ4n) is 1.78. The van der Waals surface area contributed by atoms with Crippen LogP contribution in [0.5, 0.6) is 0 Å². The van der Waals surface area contributed by atoms with Gasteiger partial charge < -0.3 is 4.90 Å². The van der Waals surface area contributed by atoms with Crippen LogP contribution in [0, 0.1) is 5.92 Å². The molecule has 16 heavy (non-hydrogen) atoms. The predicted octanol–water partition coefficient (Wildman–Crippen LogP) is 3.06. The number of hydrogen-bond acceptors (Lipinski definition) is 4. The highest BCUT2D eigenvalue weighted by Gasteiger charge is 2.26. The van der Waals surface area contributed by atoms with Gasteiger partial charge in [-0.05, 0) is 12.3 Å². The van der Waals surface area contributed by atoms with E-state index in [9.17, 15) is 0 Å². The third-order valence-electron chi connectivity index (χ3n) is 2.86. The van der Waals surface area contributed by atoms with Crippen LogP contribution in [0.3, 0.4) is 0 Å². The molecule has 1 saturated heterocycles. The van der Waals surface area contributed by atoms with Gasteiger partial charge >= 0.3 is 0 Å².